The van der Waals surface area contributed by atoms with Crippen LogP contribution in [0.4, 0.5) is 0 Å². The molecule has 148 valence electrons. The van der Waals surface area contributed by atoms with Crippen molar-refractivity contribution < 1.29 is 29.6 Å². The van der Waals surface area contributed by atoms with E-state index in [0.717, 1.165) is 12.8 Å². The first kappa shape index (κ1) is 19.7. The van der Waals surface area contributed by atoms with Gasteiger partial charge in [0.15, 0.2) is 11.5 Å². The van der Waals surface area contributed by atoms with Crippen molar-refractivity contribution in [2.75, 3.05) is 13.7 Å². The third-order valence-corrected chi connectivity index (χ3v) is 6.49. The van der Waals surface area contributed by atoms with Crippen LogP contribution in [0.15, 0.2) is 0 Å². The number of phenolic OH excluding ortho intramolecular Hbond substituents is 2. The van der Waals surface area contributed by atoms with Gasteiger partial charge in [-0.05, 0) is 24.2 Å². The number of aromatic hydroxyl groups is 2. The van der Waals surface area contributed by atoms with Gasteiger partial charge in [0.25, 0.3) is 0 Å². The van der Waals surface area contributed by atoms with Gasteiger partial charge in [0, 0.05) is 22.5 Å². The van der Waals surface area contributed by atoms with Crippen molar-refractivity contribution in [1.29, 1.82) is 0 Å². The molecule has 0 bridgehead atoms. The molecule has 6 heteroatoms. The van der Waals surface area contributed by atoms with Gasteiger partial charge in [-0.15, -0.1) is 0 Å². The van der Waals surface area contributed by atoms with E-state index in [1.807, 2.05) is 13.8 Å². The molecule has 0 saturated heterocycles. The molecule has 1 fully saturated rings. The number of Topliss-reactive ketones (excluding diaryl/α,β-unsaturated/α-hetero) is 2. The maximum Gasteiger partial charge on any atom is 0.233 e. The van der Waals surface area contributed by atoms with Gasteiger partial charge in [-0.3, -0.25) is 9.59 Å². The highest BCUT2D eigenvalue weighted by Gasteiger charge is 2.61. The number of rotatable bonds is 3. The van der Waals surface area contributed by atoms with Gasteiger partial charge in [0.1, 0.15) is 5.75 Å². The van der Waals surface area contributed by atoms with Crippen LogP contribution in [0, 0.1) is 11.3 Å². The lowest BCUT2D eigenvalue weighted by atomic mass is 9.49. The second-order valence-electron chi connectivity index (χ2n) is 8.83. The Morgan fingerprint density at radius 1 is 1.15 bits per heavy atom. The van der Waals surface area contributed by atoms with Crippen LogP contribution in [0.5, 0.6) is 17.2 Å². The fraction of sp³-hybridized carbons (Fsp3) is 0.619. The topological polar surface area (TPSA) is 104 Å². The van der Waals surface area contributed by atoms with Gasteiger partial charge in [0.05, 0.1) is 19.3 Å². The van der Waals surface area contributed by atoms with Crippen LogP contribution in [0.3, 0.4) is 0 Å². The maximum atomic E-state index is 13.1. The predicted octanol–water partition coefficient (Wildman–Crippen LogP) is 3.05. The van der Waals surface area contributed by atoms with Crippen LogP contribution in [-0.4, -0.2) is 40.6 Å². The number of hydrogen-bond donors (Lipinski definition) is 3. The number of aliphatic hydroxyl groups is 1. The number of ketones is 2. The third-order valence-electron chi connectivity index (χ3n) is 6.49. The predicted molar refractivity (Wildman–Crippen MR) is 99.6 cm³/mol. The van der Waals surface area contributed by atoms with Crippen LogP contribution < -0.4 is 4.74 Å². The molecule has 1 aromatic rings. The monoisotopic (exact) mass is 376 g/mol. The minimum Gasteiger partial charge on any atom is -0.507 e. The molecule has 2 aliphatic carbocycles. The molecule has 0 amide bonds. The van der Waals surface area contributed by atoms with Gasteiger partial charge in [-0.2, -0.15) is 0 Å². The summed E-state index contributed by atoms with van der Waals surface area (Å²) in [5.74, 6) is -2.90. The highest BCUT2D eigenvalue weighted by Crippen LogP contribution is 2.61. The Morgan fingerprint density at radius 3 is 2.30 bits per heavy atom. The van der Waals surface area contributed by atoms with Crippen LogP contribution in [0.25, 0.3) is 0 Å². The third kappa shape index (κ3) is 2.42. The first-order valence-electron chi connectivity index (χ1n) is 9.40. The standard InChI is InChI=1S/C21H28O6/c1-10(2)11-14(23)12-13(16(25)18(11)27-5)21(9-22)8-6-7-20(3,4)19(21)17(26)15(12)24/h10,19,22-23,25H,6-9H2,1-5H3/t19-,21+/m1/s1. The van der Waals surface area contributed by atoms with Crippen molar-refractivity contribution in [2.24, 2.45) is 11.3 Å². The number of methoxy groups -OCH3 is 1. The van der Waals surface area contributed by atoms with E-state index >= 15 is 0 Å². The van der Waals surface area contributed by atoms with Crippen molar-refractivity contribution in [3.05, 3.63) is 16.7 Å². The van der Waals surface area contributed by atoms with Crippen LogP contribution >= 0.6 is 0 Å². The molecule has 3 N–H and O–H groups in total. The number of benzene rings is 1. The summed E-state index contributed by atoms with van der Waals surface area (Å²) in [7, 11) is 1.39. The number of phenols is 2. The van der Waals surface area contributed by atoms with Crippen molar-refractivity contribution in [1.82, 2.24) is 0 Å². The molecule has 0 unspecified atom stereocenters. The first-order valence-corrected chi connectivity index (χ1v) is 9.40. The summed E-state index contributed by atoms with van der Waals surface area (Å²) in [6, 6.07) is 0. The quantitative estimate of drug-likeness (QED) is 0.553. The van der Waals surface area contributed by atoms with Crippen molar-refractivity contribution in [3.63, 3.8) is 0 Å². The van der Waals surface area contributed by atoms with Crippen molar-refractivity contribution in [2.45, 2.75) is 58.3 Å². The van der Waals surface area contributed by atoms with E-state index in [1.165, 1.54) is 7.11 Å². The molecule has 27 heavy (non-hydrogen) atoms. The number of carbonyl (C=O) groups excluding carboxylic acids is 2. The average molecular weight is 376 g/mol. The highest BCUT2D eigenvalue weighted by atomic mass is 16.5. The van der Waals surface area contributed by atoms with Crippen LogP contribution in [0.1, 0.15) is 74.4 Å². The fourth-order valence-corrected chi connectivity index (χ4v) is 5.44. The zero-order valence-electron chi connectivity index (χ0n) is 16.5. The number of ether oxygens (including phenoxy) is 1. The number of aliphatic hydroxyl groups excluding tert-OH is 1. The van der Waals surface area contributed by atoms with E-state index < -0.39 is 34.9 Å². The van der Waals surface area contributed by atoms with E-state index in [4.69, 9.17) is 4.74 Å². The van der Waals surface area contributed by atoms with E-state index in [1.54, 1.807) is 13.8 Å². The second kappa shape index (κ2) is 6.23. The van der Waals surface area contributed by atoms with Crippen molar-refractivity contribution in [3.8, 4) is 17.2 Å². The maximum absolute atomic E-state index is 13.1. The lowest BCUT2D eigenvalue weighted by Crippen LogP contribution is -2.58. The smallest absolute Gasteiger partial charge is 0.233 e. The molecule has 1 aromatic carbocycles. The fourth-order valence-electron chi connectivity index (χ4n) is 5.44. The minimum atomic E-state index is -1.12. The molecule has 0 aliphatic heterocycles. The molecule has 6 nitrogen and oxygen atoms in total. The van der Waals surface area contributed by atoms with E-state index in [0.29, 0.717) is 6.42 Å². The van der Waals surface area contributed by atoms with E-state index in [2.05, 4.69) is 0 Å². The molecule has 0 spiro atoms. The lowest BCUT2D eigenvalue weighted by Gasteiger charge is -2.53. The number of hydrogen-bond acceptors (Lipinski definition) is 6. The minimum absolute atomic E-state index is 0.0957. The van der Waals surface area contributed by atoms with E-state index in [-0.39, 0.29) is 39.9 Å². The summed E-state index contributed by atoms with van der Waals surface area (Å²) < 4.78 is 5.38. The molecular formula is C21H28O6. The average Bonchev–Trinajstić information content (AvgIpc) is 2.59. The molecule has 0 aromatic heterocycles. The summed E-state index contributed by atoms with van der Waals surface area (Å²) in [4.78, 5) is 26.1. The SMILES string of the molecule is COc1c(O)c2c(c(O)c1C(C)C)C(=O)C(=O)[C@@H]1C(C)(C)CCC[C@]21CO. The summed E-state index contributed by atoms with van der Waals surface area (Å²) in [5, 5.41) is 32.4. The zero-order chi connectivity index (χ0) is 20.3. The van der Waals surface area contributed by atoms with Gasteiger partial charge < -0.3 is 20.1 Å². The van der Waals surface area contributed by atoms with Crippen LogP contribution in [-0.2, 0) is 10.2 Å². The van der Waals surface area contributed by atoms with Gasteiger partial charge in [-0.25, -0.2) is 0 Å². The first-order chi connectivity index (χ1) is 12.5. The molecule has 2 atom stereocenters. The Morgan fingerprint density at radius 2 is 1.78 bits per heavy atom. The second-order valence-corrected chi connectivity index (χ2v) is 8.83. The molecule has 1 saturated carbocycles. The Hall–Kier alpha value is -2.08. The normalized spacial score (nSPS) is 26.7. The number of carbonyl (C=O) groups is 2. The molecular weight excluding hydrogens is 348 g/mol. The summed E-state index contributed by atoms with van der Waals surface area (Å²) in [6.07, 6.45) is 1.92. The Bertz CT molecular complexity index is 823. The van der Waals surface area contributed by atoms with E-state index in [9.17, 15) is 24.9 Å². The van der Waals surface area contributed by atoms with Crippen molar-refractivity contribution >= 4 is 11.6 Å². The molecule has 0 heterocycles. The van der Waals surface area contributed by atoms with Gasteiger partial charge in [-0.1, -0.05) is 34.1 Å². The Labute approximate surface area is 159 Å². The Kier molecular flexibility index (Phi) is 4.54. The molecule has 0 radical (unpaired) electrons. The molecule has 2 aliphatic rings. The molecule has 3 rings (SSSR count). The summed E-state index contributed by atoms with van der Waals surface area (Å²) in [6.45, 7) is 7.02. The van der Waals surface area contributed by atoms with Gasteiger partial charge >= 0.3 is 0 Å². The zero-order valence-corrected chi connectivity index (χ0v) is 16.5. The van der Waals surface area contributed by atoms with Gasteiger partial charge in [0.2, 0.25) is 11.6 Å². The summed E-state index contributed by atoms with van der Waals surface area (Å²) >= 11 is 0. The Balaban J connectivity index is 2.48. The lowest BCUT2D eigenvalue weighted by molar-refractivity contribution is -0.130. The van der Waals surface area contributed by atoms with Crippen LogP contribution in [0.2, 0.25) is 0 Å². The summed E-state index contributed by atoms with van der Waals surface area (Å²) in [5.41, 5.74) is -1.36. The highest BCUT2D eigenvalue weighted by molar-refractivity contribution is 6.47. The number of fused-ring (bicyclic) bond motifs is 3. The largest absolute Gasteiger partial charge is 0.507 e.